The monoisotopic (exact) mass is 351 g/mol. The molecule has 26 heavy (non-hydrogen) atoms. The van der Waals surface area contributed by atoms with Crippen LogP contribution in [0.4, 0.5) is 0 Å². The normalized spacial score (nSPS) is 17.8. The molecule has 0 aliphatic carbocycles. The second kappa shape index (κ2) is 7.53. The number of rotatable bonds is 4. The summed E-state index contributed by atoms with van der Waals surface area (Å²) in [6.45, 7) is 2.50. The van der Waals surface area contributed by atoms with Gasteiger partial charge in [0.1, 0.15) is 5.69 Å². The van der Waals surface area contributed by atoms with Crippen molar-refractivity contribution in [2.75, 3.05) is 19.7 Å². The highest BCUT2D eigenvalue weighted by Crippen LogP contribution is 2.18. The van der Waals surface area contributed by atoms with Gasteiger partial charge in [-0.25, -0.2) is 0 Å². The fourth-order valence-electron chi connectivity index (χ4n) is 3.17. The number of carbonyl (C=O) groups is 1. The molecule has 3 aromatic rings. The summed E-state index contributed by atoms with van der Waals surface area (Å²) in [7, 11) is 0. The standard InChI is InChI=1S/C19H21N5O2/c25-19(18-12-17(21-22-18)15-6-2-1-3-7-15)23-9-5-11-26-16(13-23)14-24-10-4-8-20-24/h1-4,6-8,10,12,16H,5,9,11,13-14H2,(H,21,22)/t16-/m1/s1. The van der Waals surface area contributed by atoms with Crippen LogP contribution in [0.2, 0.25) is 0 Å². The third kappa shape index (κ3) is 3.67. The van der Waals surface area contributed by atoms with E-state index in [0.29, 0.717) is 31.9 Å². The van der Waals surface area contributed by atoms with E-state index < -0.39 is 0 Å². The average molecular weight is 351 g/mol. The van der Waals surface area contributed by atoms with E-state index >= 15 is 0 Å². The van der Waals surface area contributed by atoms with Gasteiger partial charge in [-0.05, 0) is 18.6 Å². The molecule has 1 aromatic carbocycles. The van der Waals surface area contributed by atoms with Crippen molar-refractivity contribution in [1.29, 1.82) is 0 Å². The number of aromatic amines is 1. The third-order valence-corrected chi connectivity index (χ3v) is 4.46. The van der Waals surface area contributed by atoms with Crippen LogP contribution >= 0.6 is 0 Å². The SMILES string of the molecule is O=C(c1cc(-c2ccccc2)n[nH]1)N1CCCO[C@@H](Cn2cccn2)C1. The largest absolute Gasteiger partial charge is 0.374 e. The molecule has 134 valence electrons. The Kier molecular flexibility index (Phi) is 4.79. The molecule has 1 N–H and O–H groups in total. The topological polar surface area (TPSA) is 76.0 Å². The van der Waals surface area contributed by atoms with Gasteiger partial charge in [-0.1, -0.05) is 30.3 Å². The Morgan fingerprint density at radius 1 is 1.27 bits per heavy atom. The van der Waals surface area contributed by atoms with E-state index in [1.165, 1.54) is 0 Å². The van der Waals surface area contributed by atoms with Crippen LogP contribution in [-0.2, 0) is 11.3 Å². The van der Waals surface area contributed by atoms with Gasteiger partial charge in [0.2, 0.25) is 0 Å². The maximum atomic E-state index is 12.9. The number of nitrogens with zero attached hydrogens (tertiary/aromatic N) is 4. The third-order valence-electron chi connectivity index (χ3n) is 4.46. The molecule has 1 aliphatic rings. The van der Waals surface area contributed by atoms with E-state index in [1.54, 1.807) is 6.20 Å². The lowest BCUT2D eigenvalue weighted by Crippen LogP contribution is -2.38. The fraction of sp³-hybridized carbons (Fsp3) is 0.316. The van der Waals surface area contributed by atoms with Crippen molar-refractivity contribution in [3.05, 3.63) is 60.6 Å². The molecule has 0 unspecified atom stereocenters. The van der Waals surface area contributed by atoms with Gasteiger partial charge >= 0.3 is 0 Å². The van der Waals surface area contributed by atoms with Gasteiger partial charge in [-0.2, -0.15) is 10.2 Å². The molecule has 1 atom stereocenters. The minimum absolute atomic E-state index is 0.0457. The first kappa shape index (κ1) is 16.5. The molecule has 7 heteroatoms. The zero-order valence-corrected chi connectivity index (χ0v) is 14.4. The van der Waals surface area contributed by atoms with Crippen LogP contribution in [0.5, 0.6) is 0 Å². The first-order valence-corrected chi connectivity index (χ1v) is 8.79. The quantitative estimate of drug-likeness (QED) is 0.782. The number of ether oxygens (including phenoxy) is 1. The van der Waals surface area contributed by atoms with Crippen LogP contribution in [-0.4, -0.2) is 56.6 Å². The molecule has 0 radical (unpaired) electrons. The van der Waals surface area contributed by atoms with Crippen LogP contribution in [0.3, 0.4) is 0 Å². The van der Waals surface area contributed by atoms with E-state index in [9.17, 15) is 4.79 Å². The Labute approximate surface area is 151 Å². The molecule has 0 saturated carbocycles. The Morgan fingerprint density at radius 2 is 2.15 bits per heavy atom. The van der Waals surface area contributed by atoms with Crippen molar-refractivity contribution in [3.63, 3.8) is 0 Å². The lowest BCUT2D eigenvalue weighted by molar-refractivity contribution is 0.0365. The van der Waals surface area contributed by atoms with Crippen LogP contribution in [0.15, 0.2) is 54.9 Å². The molecule has 1 saturated heterocycles. The van der Waals surface area contributed by atoms with Crippen molar-refractivity contribution >= 4 is 5.91 Å². The first-order valence-electron chi connectivity index (χ1n) is 8.79. The zero-order valence-electron chi connectivity index (χ0n) is 14.4. The van der Waals surface area contributed by atoms with Gasteiger partial charge in [0.25, 0.3) is 5.91 Å². The minimum atomic E-state index is -0.0714. The summed E-state index contributed by atoms with van der Waals surface area (Å²) in [6, 6.07) is 13.5. The maximum Gasteiger partial charge on any atom is 0.271 e. The van der Waals surface area contributed by atoms with Crippen LogP contribution in [0.1, 0.15) is 16.9 Å². The highest BCUT2D eigenvalue weighted by Gasteiger charge is 2.25. The molecule has 1 aliphatic heterocycles. The van der Waals surface area contributed by atoms with Crippen molar-refractivity contribution < 1.29 is 9.53 Å². The van der Waals surface area contributed by atoms with E-state index in [1.807, 2.05) is 58.2 Å². The Hall–Kier alpha value is -2.93. The number of nitrogens with one attached hydrogen (secondary N) is 1. The second-order valence-electron chi connectivity index (χ2n) is 6.36. The highest BCUT2D eigenvalue weighted by atomic mass is 16.5. The Morgan fingerprint density at radius 3 is 2.96 bits per heavy atom. The van der Waals surface area contributed by atoms with E-state index in [0.717, 1.165) is 17.7 Å². The summed E-state index contributed by atoms with van der Waals surface area (Å²) >= 11 is 0. The average Bonchev–Trinajstić information content (AvgIpc) is 3.31. The van der Waals surface area contributed by atoms with Crippen LogP contribution in [0, 0.1) is 0 Å². The van der Waals surface area contributed by atoms with Crippen LogP contribution < -0.4 is 0 Å². The smallest absolute Gasteiger partial charge is 0.271 e. The van der Waals surface area contributed by atoms with E-state index in [2.05, 4.69) is 15.3 Å². The molecule has 0 bridgehead atoms. The summed E-state index contributed by atoms with van der Waals surface area (Å²) in [5.41, 5.74) is 2.26. The Balaban J connectivity index is 1.47. The molecule has 2 aromatic heterocycles. The highest BCUT2D eigenvalue weighted by molar-refractivity contribution is 5.93. The van der Waals surface area contributed by atoms with Crippen molar-refractivity contribution in [3.8, 4) is 11.3 Å². The molecule has 1 amide bonds. The van der Waals surface area contributed by atoms with Gasteiger partial charge in [0.15, 0.2) is 0 Å². The van der Waals surface area contributed by atoms with Crippen molar-refractivity contribution in [2.45, 2.75) is 19.1 Å². The number of H-pyrrole nitrogens is 1. The molecule has 1 fully saturated rings. The molecule has 7 nitrogen and oxygen atoms in total. The predicted molar refractivity (Wildman–Crippen MR) is 96.5 cm³/mol. The number of benzene rings is 1. The number of aromatic nitrogens is 4. The summed E-state index contributed by atoms with van der Waals surface area (Å²) in [4.78, 5) is 14.8. The fourth-order valence-corrected chi connectivity index (χ4v) is 3.17. The molecular formula is C19H21N5O2. The zero-order chi connectivity index (χ0) is 17.8. The first-order chi connectivity index (χ1) is 12.8. The van der Waals surface area contributed by atoms with Crippen molar-refractivity contribution in [1.82, 2.24) is 24.9 Å². The lowest BCUT2D eigenvalue weighted by Gasteiger charge is -2.23. The summed E-state index contributed by atoms with van der Waals surface area (Å²) < 4.78 is 7.72. The molecule has 3 heterocycles. The molecule has 0 spiro atoms. The molecule has 4 rings (SSSR count). The number of carbonyl (C=O) groups excluding carboxylic acids is 1. The van der Waals surface area contributed by atoms with Crippen LogP contribution in [0.25, 0.3) is 11.3 Å². The number of hydrogen-bond donors (Lipinski definition) is 1. The summed E-state index contributed by atoms with van der Waals surface area (Å²) in [6.07, 6.45) is 4.40. The predicted octanol–water partition coefficient (Wildman–Crippen LogP) is 2.20. The van der Waals surface area contributed by atoms with E-state index in [4.69, 9.17) is 4.74 Å². The van der Waals surface area contributed by atoms with Gasteiger partial charge in [0, 0.05) is 37.7 Å². The minimum Gasteiger partial charge on any atom is -0.374 e. The summed E-state index contributed by atoms with van der Waals surface area (Å²) in [5.74, 6) is -0.0457. The van der Waals surface area contributed by atoms with Gasteiger partial charge < -0.3 is 9.64 Å². The van der Waals surface area contributed by atoms with Gasteiger partial charge in [0.05, 0.1) is 18.3 Å². The van der Waals surface area contributed by atoms with E-state index in [-0.39, 0.29) is 12.0 Å². The van der Waals surface area contributed by atoms with Crippen molar-refractivity contribution in [2.24, 2.45) is 0 Å². The van der Waals surface area contributed by atoms with Gasteiger partial charge in [-0.3, -0.25) is 14.6 Å². The Bertz CT molecular complexity index is 844. The second-order valence-corrected chi connectivity index (χ2v) is 6.36. The van der Waals surface area contributed by atoms with Gasteiger partial charge in [-0.15, -0.1) is 0 Å². The maximum absolute atomic E-state index is 12.9. The number of amides is 1. The number of hydrogen-bond acceptors (Lipinski definition) is 4. The lowest BCUT2D eigenvalue weighted by atomic mass is 10.1. The molecular weight excluding hydrogens is 330 g/mol. The summed E-state index contributed by atoms with van der Waals surface area (Å²) in [5, 5.41) is 11.4.